The second-order valence-electron chi connectivity index (χ2n) is 12.4. The summed E-state index contributed by atoms with van der Waals surface area (Å²) in [6.07, 6.45) is 9.02. The molecule has 8 atom stereocenters. The van der Waals surface area contributed by atoms with Gasteiger partial charge >= 0.3 is 5.97 Å². The van der Waals surface area contributed by atoms with E-state index < -0.39 is 47.7 Å². The molecular weight excluding hydrogens is 562 g/mol. The first-order chi connectivity index (χ1) is 21.2. The number of unbranched alkanes of at least 4 members (excludes halogenated alkanes) is 1. The molecule has 4 heterocycles. The first-order valence-corrected chi connectivity index (χ1v) is 16.0. The van der Waals surface area contributed by atoms with Gasteiger partial charge in [0.1, 0.15) is 23.7 Å². The van der Waals surface area contributed by atoms with Crippen molar-refractivity contribution in [2.75, 3.05) is 19.7 Å². The Morgan fingerprint density at radius 3 is 2.59 bits per heavy atom. The van der Waals surface area contributed by atoms with Crippen LogP contribution in [0.15, 0.2) is 54.6 Å². The van der Waals surface area contributed by atoms with Gasteiger partial charge in [-0.25, -0.2) is 0 Å². The summed E-state index contributed by atoms with van der Waals surface area (Å²) < 4.78 is 13.0. The molecule has 3 amide bonds. The van der Waals surface area contributed by atoms with Gasteiger partial charge in [-0.3, -0.25) is 19.2 Å². The molecule has 0 aliphatic carbocycles. The largest absolute Gasteiger partial charge is 0.455 e. The first kappa shape index (κ1) is 31.9. The summed E-state index contributed by atoms with van der Waals surface area (Å²) in [5, 5.41) is 12.4. The van der Waals surface area contributed by atoms with E-state index >= 15 is 0 Å². The third kappa shape index (κ3) is 5.94. The van der Waals surface area contributed by atoms with Crippen molar-refractivity contribution in [1.29, 1.82) is 0 Å². The minimum atomic E-state index is -1.37. The predicted octanol–water partition coefficient (Wildman–Crippen LogP) is 3.07. The number of hydrogen-bond acceptors (Lipinski definition) is 7. The average molecular weight is 608 g/mol. The summed E-state index contributed by atoms with van der Waals surface area (Å²) in [5.41, 5.74) is -0.646. The van der Waals surface area contributed by atoms with Crippen LogP contribution in [0.2, 0.25) is 0 Å². The Balaban J connectivity index is 1.58. The van der Waals surface area contributed by atoms with Gasteiger partial charge in [0.25, 0.3) is 0 Å². The number of amides is 3. The Labute approximate surface area is 259 Å². The van der Waals surface area contributed by atoms with Gasteiger partial charge in [-0.1, -0.05) is 68.0 Å². The molecule has 1 spiro atoms. The number of hydrogen-bond donors (Lipinski definition) is 2. The maximum atomic E-state index is 14.4. The number of rotatable bonds is 8. The number of carbonyl (C=O) groups is 4. The zero-order valence-electron chi connectivity index (χ0n) is 25.9. The highest BCUT2D eigenvalue weighted by atomic mass is 16.6. The zero-order valence-corrected chi connectivity index (χ0v) is 25.9. The van der Waals surface area contributed by atoms with Gasteiger partial charge in [0.05, 0.1) is 18.1 Å². The molecule has 0 radical (unpaired) electrons. The van der Waals surface area contributed by atoms with E-state index in [9.17, 15) is 24.3 Å². The smallest absolute Gasteiger partial charge is 0.313 e. The Bertz CT molecular complexity index is 1280. The number of nitrogens with one attached hydrogen (secondary N) is 1. The fourth-order valence-corrected chi connectivity index (χ4v) is 7.33. The fraction of sp³-hybridized carbons (Fsp3) is 0.588. The lowest BCUT2D eigenvalue weighted by atomic mass is 9.77. The number of nitrogens with zero attached hydrogens (tertiary/aromatic N) is 2. The first-order valence-electron chi connectivity index (χ1n) is 16.0. The normalized spacial score (nSPS) is 33.7. The van der Waals surface area contributed by atoms with Crippen LogP contribution in [0.4, 0.5) is 0 Å². The highest BCUT2D eigenvalue weighted by molar-refractivity contribution is 5.99. The molecular formula is C34H45N3O7. The average Bonchev–Trinajstić information content (AvgIpc) is 3.38. The maximum absolute atomic E-state index is 14.4. The molecule has 4 aliphatic rings. The van der Waals surface area contributed by atoms with Gasteiger partial charge < -0.3 is 29.7 Å². The van der Waals surface area contributed by atoms with Crippen LogP contribution in [0.5, 0.6) is 0 Å². The third-order valence-electron chi connectivity index (χ3n) is 9.42. The molecule has 10 heteroatoms. The van der Waals surface area contributed by atoms with Crippen LogP contribution >= 0.6 is 0 Å². The molecule has 1 unspecified atom stereocenters. The lowest BCUT2D eigenvalue weighted by Gasteiger charge is -2.37. The molecule has 44 heavy (non-hydrogen) atoms. The number of fused-ring (bicyclic) bond motifs is 2. The van der Waals surface area contributed by atoms with E-state index in [4.69, 9.17) is 9.47 Å². The van der Waals surface area contributed by atoms with Gasteiger partial charge in [-0.15, -0.1) is 0 Å². The van der Waals surface area contributed by atoms with Gasteiger partial charge in [0.2, 0.25) is 17.7 Å². The van der Waals surface area contributed by atoms with E-state index in [0.29, 0.717) is 25.8 Å². The highest BCUT2D eigenvalue weighted by Crippen LogP contribution is 2.53. The van der Waals surface area contributed by atoms with Crippen molar-refractivity contribution in [1.82, 2.24) is 15.1 Å². The van der Waals surface area contributed by atoms with Crippen LogP contribution in [0, 0.1) is 11.8 Å². The predicted molar refractivity (Wildman–Crippen MR) is 163 cm³/mol. The summed E-state index contributed by atoms with van der Waals surface area (Å²) in [6, 6.07) is 7.71. The van der Waals surface area contributed by atoms with E-state index in [-0.39, 0.29) is 43.3 Å². The monoisotopic (exact) mass is 607 g/mol. The standard InChI is InChI=1S/C34H45N3O7/c1-4-13-22(2)36-20-12-18-34-28(31(40)37(19-10-11-21-38)30(34)32(36)41)27-25(44-34)16-8-9-17-26(39)35-23(3)29(43-33(27)42)24-14-6-5-7-15-24/h5-8,12,14-16,18,22-23,25,27-30,38H,4,9-11,13,17,19-21H2,1-3H3,(H,35,39)/b16-8-/t22?,23-,25-,27+,28+,29+,30-,34+/m0/s1. The summed E-state index contributed by atoms with van der Waals surface area (Å²) in [6.45, 7) is 6.50. The van der Waals surface area contributed by atoms with Crippen LogP contribution < -0.4 is 5.32 Å². The van der Waals surface area contributed by atoms with Crippen molar-refractivity contribution < 1.29 is 33.8 Å². The molecule has 0 saturated carbocycles. The number of cyclic esters (lactones) is 1. The van der Waals surface area contributed by atoms with Crippen LogP contribution in [0.25, 0.3) is 0 Å². The minimum Gasteiger partial charge on any atom is -0.455 e. The second-order valence-corrected chi connectivity index (χ2v) is 12.4. The van der Waals surface area contributed by atoms with Crippen molar-refractivity contribution in [2.24, 2.45) is 11.8 Å². The van der Waals surface area contributed by atoms with Crippen molar-refractivity contribution in [3.8, 4) is 0 Å². The SMILES string of the molecule is CCCC(C)N1CC=C[C@@]23O[C@H]4/C=C\CCC(=O)N[C@@H](C)[C@H](c5ccccc5)OC(=O)[C@H]4[C@@H]2C(=O)N(CCCCO)[C@H]3C1=O. The van der Waals surface area contributed by atoms with Crippen molar-refractivity contribution in [3.05, 3.63) is 60.2 Å². The number of benzene rings is 1. The molecule has 10 nitrogen and oxygen atoms in total. The molecule has 5 rings (SSSR count). The van der Waals surface area contributed by atoms with Crippen LogP contribution in [0.3, 0.4) is 0 Å². The van der Waals surface area contributed by atoms with Crippen molar-refractivity contribution in [2.45, 2.75) is 95.2 Å². The van der Waals surface area contributed by atoms with Crippen molar-refractivity contribution >= 4 is 23.7 Å². The number of esters is 1. The van der Waals surface area contributed by atoms with Crippen molar-refractivity contribution in [3.63, 3.8) is 0 Å². The van der Waals surface area contributed by atoms with Gasteiger partial charge in [0.15, 0.2) is 0 Å². The second kappa shape index (κ2) is 13.6. The molecule has 238 valence electrons. The summed E-state index contributed by atoms with van der Waals surface area (Å²) in [7, 11) is 0. The number of carbonyl (C=O) groups excluding carboxylic acids is 4. The number of ether oxygens (including phenoxy) is 2. The van der Waals surface area contributed by atoms with Gasteiger partial charge in [-0.05, 0) is 45.1 Å². The molecule has 4 aliphatic heterocycles. The topological polar surface area (TPSA) is 125 Å². The Hall–Kier alpha value is -3.50. The summed E-state index contributed by atoms with van der Waals surface area (Å²) in [4.78, 5) is 59.2. The van der Waals surface area contributed by atoms with E-state index in [0.717, 1.165) is 18.4 Å². The third-order valence-corrected chi connectivity index (χ3v) is 9.42. The van der Waals surface area contributed by atoms with Gasteiger partial charge in [0, 0.05) is 32.2 Å². The van der Waals surface area contributed by atoms with Crippen LogP contribution in [0.1, 0.15) is 71.0 Å². The fourth-order valence-electron chi connectivity index (χ4n) is 7.33. The zero-order chi connectivity index (χ0) is 31.4. The molecule has 1 aromatic rings. The molecule has 1 aromatic carbocycles. The highest BCUT2D eigenvalue weighted by Gasteiger charge is 2.71. The van der Waals surface area contributed by atoms with E-state index in [1.165, 1.54) is 0 Å². The van der Waals surface area contributed by atoms with Crippen LogP contribution in [-0.2, 0) is 28.7 Å². The van der Waals surface area contributed by atoms with Crippen LogP contribution in [-0.4, -0.2) is 88.1 Å². The number of allylic oxidation sites excluding steroid dienone is 1. The van der Waals surface area contributed by atoms with E-state index in [1.54, 1.807) is 28.9 Å². The van der Waals surface area contributed by atoms with E-state index in [2.05, 4.69) is 12.2 Å². The summed E-state index contributed by atoms with van der Waals surface area (Å²) in [5.74, 6) is -3.27. The Morgan fingerprint density at radius 1 is 1.09 bits per heavy atom. The molecule has 0 bridgehead atoms. The quantitative estimate of drug-likeness (QED) is 0.264. The van der Waals surface area contributed by atoms with E-state index in [1.807, 2.05) is 49.4 Å². The molecule has 2 N–H and O–H groups in total. The lowest BCUT2D eigenvalue weighted by molar-refractivity contribution is -0.161. The lowest BCUT2D eigenvalue weighted by Crippen LogP contribution is -2.56. The molecule has 2 saturated heterocycles. The van der Waals surface area contributed by atoms with Gasteiger partial charge in [-0.2, -0.15) is 0 Å². The summed E-state index contributed by atoms with van der Waals surface area (Å²) >= 11 is 0. The Kier molecular flexibility index (Phi) is 9.90. The number of likely N-dealkylation sites (tertiary alicyclic amines) is 1. The minimum absolute atomic E-state index is 0.0251. The maximum Gasteiger partial charge on any atom is 0.313 e. The molecule has 0 aromatic heterocycles. The number of aliphatic hydroxyl groups is 1. The molecule has 2 fully saturated rings. The number of aliphatic hydroxyl groups excluding tert-OH is 1. The Morgan fingerprint density at radius 2 is 1.86 bits per heavy atom.